The minimum Gasteiger partial charge on any atom is -0.454 e. The number of anilines is 1. The third kappa shape index (κ3) is 3.32. The van der Waals surface area contributed by atoms with Gasteiger partial charge in [0.2, 0.25) is 12.7 Å². The summed E-state index contributed by atoms with van der Waals surface area (Å²) in [5.74, 6) is -0.185. The molecule has 1 amide bonds. The number of benzene rings is 2. The largest absolute Gasteiger partial charge is 0.454 e. The van der Waals surface area contributed by atoms with E-state index in [-0.39, 0.29) is 18.2 Å². The first-order valence-corrected chi connectivity index (χ1v) is 6.85. The zero-order valence-electron chi connectivity index (χ0n) is 12.2. The number of ether oxygens (including phenoxy) is 2. The van der Waals surface area contributed by atoms with Crippen molar-refractivity contribution in [2.75, 3.05) is 12.1 Å². The Balaban J connectivity index is 1.71. The van der Waals surface area contributed by atoms with Gasteiger partial charge in [-0.2, -0.15) is 0 Å². The van der Waals surface area contributed by atoms with Crippen molar-refractivity contribution in [3.63, 3.8) is 0 Å². The van der Waals surface area contributed by atoms with E-state index in [1.54, 1.807) is 18.2 Å². The van der Waals surface area contributed by atoms with Crippen molar-refractivity contribution in [1.29, 1.82) is 0 Å². The molecule has 1 N–H and O–H groups in total. The van der Waals surface area contributed by atoms with Gasteiger partial charge in [0.15, 0.2) is 11.5 Å². The lowest BCUT2D eigenvalue weighted by molar-refractivity contribution is -0.384. The van der Waals surface area contributed by atoms with Gasteiger partial charge < -0.3 is 14.8 Å². The second kappa shape index (κ2) is 6.37. The number of halogens is 1. The predicted molar refractivity (Wildman–Crippen MR) is 83.3 cm³/mol. The molecule has 2 aromatic rings. The van der Waals surface area contributed by atoms with Crippen LogP contribution in [0.25, 0.3) is 6.08 Å². The van der Waals surface area contributed by atoms with Crippen molar-refractivity contribution in [1.82, 2.24) is 0 Å². The summed E-state index contributed by atoms with van der Waals surface area (Å²) >= 11 is 0. The van der Waals surface area contributed by atoms with Crippen LogP contribution in [0.1, 0.15) is 5.56 Å². The zero-order chi connectivity index (χ0) is 17.1. The molecule has 1 aliphatic heterocycles. The molecule has 0 radical (unpaired) electrons. The molecule has 0 aromatic heterocycles. The van der Waals surface area contributed by atoms with Crippen LogP contribution in [0.3, 0.4) is 0 Å². The number of nitrogens with zero attached hydrogens (tertiary/aromatic N) is 1. The smallest absolute Gasteiger partial charge is 0.271 e. The van der Waals surface area contributed by atoms with E-state index in [0.717, 1.165) is 18.2 Å². The molecule has 3 rings (SSSR count). The summed E-state index contributed by atoms with van der Waals surface area (Å²) in [6.45, 7) is 0.148. The maximum atomic E-state index is 13.6. The van der Waals surface area contributed by atoms with Crippen LogP contribution in [0.15, 0.2) is 42.5 Å². The summed E-state index contributed by atoms with van der Waals surface area (Å²) in [4.78, 5) is 21.9. The Bertz CT molecular complexity index is 850. The van der Waals surface area contributed by atoms with Gasteiger partial charge in [-0.15, -0.1) is 0 Å². The Labute approximate surface area is 135 Å². The lowest BCUT2D eigenvalue weighted by Crippen LogP contribution is -2.09. The third-order valence-corrected chi connectivity index (χ3v) is 3.24. The Morgan fingerprint density at radius 3 is 2.79 bits per heavy atom. The number of carbonyl (C=O) groups excluding carboxylic acids is 1. The van der Waals surface area contributed by atoms with Crippen molar-refractivity contribution in [3.8, 4) is 11.5 Å². The number of non-ortho nitro benzene ring substituents is 1. The van der Waals surface area contributed by atoms with Gasteiger partial charge in [0, 0.05) is 18.2 Å². The average Bonchev–Trinajstić information content (AvgIpc) is 3.02. The number of fused-ring (bicyclic) bond motifs is 1. The van der Waals surface area contributed by atoms with Gasteiger partial charge in [-0.1, -0.05) is 6.07 Å². The molecule has 1 heterocycles. The molecular weight excluding hydrogens is 319 g/mol. The van der Waals surface area contributed by atoms with Gasteiger partial charge in [-0.05, 0) is 29.8 Å². The maximum absolute atomic E-state index is 13.6. The number of rotatable bonds is 4. The van der Waals surface area contributed by atoms with E-state index in [2.05, 4.69) is 5.32 Å². The second-order valence-electron chi connectivity index (χ2n) is 4.86. The summed E-state index contributed by atoms with van der Waals surface area (Å²) in [6.07, 6.45) is 2.70. The van der Waals surface area contributed by atoms with Crippen LogP contribution in [-0.4, -0.2) is 17.6 Å². The standard InChI is InChI=1S/C16H11FN2O5/c17-12-4-3-11(19(21)22)8-13(12)18-16(20)6-2-10-1-5-14-15(7-10)24-9-23-14/h1-8H,9H2,(H,18,20). The molecule has 0 atom stereocenters. The molecular formula is C16H11FN2O5. The van der Waals surface area contributed by atoms with Crippen LogP contribution < -0.4 is 14.8 Å². The van der Waals surface area contributed by atoms with Crippen molar-refractivity contribution in [2.45, 2.75) is 0 Å². The van der Waals surface area contributed by atoms with Crippen molar-refractivity contribution in [2.24, 2.45) is 0 Å². The van der Waals surface area contributed by atoms with E-state index in [0.29, 0.717) is 17.1 Å². The first-order valence-electron chi connectivity index (χ1n) is 6.85. The number of nitrogens with one attached hydrogen (secondary N) is 1. The minimum atomic E-state index is -0.759. The van der Waals surface area contributed by atoms with Crippen LogP contribution >= 0.6 is 0 Å². The quantitative estimate of drug-likeness (QED) is 0.528. The fourth-order valence-corrected chi connectivity index (χ4v) is 2.09. The topological polar surface area (TPSA) is 90.7 Å². The van der Waals surface area contributed by atoms with Gasteiger partial charge in [0.1, 0.15) is 5.82 Å². The fourth-order valence-electron chi connectivity index (χ4n) is 2.09. The number of nitro groups is 1. The van der Waals surface area contributed by atoms with E-state index in [1.165, 1.54) is 12.2 Å². The summed E-state index contributed by atoms with van der Waals surface area (Å²) in [5.41, 5.74) is 0.116. The molecule has 0 spiro atoms. The van der Waals surface area contributed by atoms with Gasteiger partial charge in [-0.25, -0.2) is 4.39 Å². The molecule has 0 fully saturated rings. The van der Waals surface area contributed by atoms with Crippen LogP contribution in [0, 0.1) is 15.9 Å². The molecule has 0 saturated heterocycles. The summed E-state index contributed by atoms with van der Waals surface area (Å²) in [5, 5.41) is 13.0. The van der Waals surface area contributed by atoms with Crippen LogP contribution in [0.5, 0.6) is 11.5 Å². The van der Waals surface area contributed by atoms with Crippen LogP contribution in [0.2, 0.25) is 0 Å². The minimum absolute atomic E-state index is 0.148. The summed E-state index contributed by atoms with van der Waals surface area (Å²) in [7, 11) is 0. The molecule has 0 bridgehead atoms. The molecule has 24 heavy (non-hydrogen) atoms. The molecule has 2 aromatic carbocycles. The van der Waals surface area contributed by atoms with Gasteiger partial charge in [0.05, 0.1) is 10.6 Å². The SMILES string of the molecule is O=C(C=Cc1ccc2c(c1)OCO2)Nc1cc([N+](=O)[O-])ccc1F. The number of amides is 1. The highest BCUT2D eigenvalue weighted by molar-refractivity contribution is 6.02. The first kappa shape index (κ1) is 15.5. The molecule has 0 aliphatic carbocycles. The number of hydrogen-bond acceptors (Lipinski definition) is 5. The van der Waals surface area contributed by atoms with E-state index >= 15 is 0 Å². The summed E-state index contributed by atoms with van der Waals surface area (Å²) < 4.78 is 24.0. The van der Waals surface area contributed by atoms with Crippen molar-refractivity contribution < 1.29 is 23.6 Å². The van der Waals surface area contributed by atoms with Gasteiger partial charge >= 0.3 is 0 Å². The number of nitro benzene ring substituents is 1. The van der Waals surface area contributed by atoms with E-state index < -0.39 is 16.6 Å². The lowest BCUT2D eigenvalue weighted by Gasteiger charge is -2.03. The Kier molecular flexibility index (Phi) is 4.11. The third-order valence-electron chi connectivity index (χ3n) is 3.24. The Morgan fingerprint density at radius 1 is 1.21 bits per heavy atom. The van der Waals surface area contributed by atoms with Gasteiger partial charge in [-0.3, -0.25) is 14.9 Å². The highest BCUT2D eigenvalue weighted by Crippen LogP contribution is 2.32. The number of hydrogen-bond donors (Lipinski definition) is 1. The molecule has 0 unspecified atom stereocenters. The highest BCUT2D eigenvalue weighted by atomic mass is 19.1. The molecule has 1 aliphatic rings. The fraction of sp³-hybridized carbons (Fsp3) is 0.0625. The predicted octanol–water partition coefficient (Wildman–Crippen LogP) is 3.11. The Morgan fingerprint density at radius 2 is 2.00 bits per heavy atom. The zero-order valence-corrected chi connectivity index (χ0v) is 12.2. The van der Waals surface area contributed by atoms with Crippen molar-refractivity contribution in [3.05, 3.63) is 64.0 Å². The average molecular weight is 330 g/mol. The molecule has 0 saturated carbocycles. The van der Waals surface area contributed by atoms with E-state index in [1.807, 2.05) is 0 Å². The van der Waals surface area contributed by atoms with Crippen molar-refractivity contribution >= 4 is 23.4 Å². The lowest BCUT2D eigenvalue weighted by atomic mass is 10.2. The van der Waals surface area contributed by atoms with Crippen LogP contribution in [-0.2, 0) is 4.79 Å². The van der Waals surface area contributed by atoms with E-state index in [9.17, 15) is 19.3 Å². The molecule has 7 nitrogen and oxygen atoms in total. The van der Waals surface area contributed by atoms with E-state index in [4.69, 9.17) is 9.47 Å². The Hall–Kier alpha value is -3.42. The van der Waals surface area contributed by atoms with Gasteiger partial charge in [0.25, 0.3) is 5.69 Å². The molecule has 8 heteroatoms. The normalized spacial score (nSPS) is 12.4. The molecule has 122 valence electrons. The monoisotopic (exact) mass is 330 g/mol. The summed E-state index contributed by atoms with van der Waals surface area (Å²) in [6, 6.07) is 8.04. The first-order chi connectivity index (χ1) is 11.5. The second-order valence-corrected chi connectivity index (χ2v) is 4.86. The highest BCUT2D eigenvalue weighted by Gasteiger charge is 2.13. The van der Waals surface area contributed by atoms with Crippen LogP contribution in [0.4, 0.5) is 15.8 Å². The maximum Gasteiger partial charge on any atom is 0.271 e. The number of carbonyl (C=O) groups is 1.